The maximum absolute atomic E-state index is 13.0. The second-order valence-electron chi connectivity index (χ2n) is 7.08. The number of amides is 2. The molecule has 4 heterocycles. The zero-order chi connectivity index (χ0) is 26.0. The van der Waals surface area contributed by atoms with Gasteiger partial charge in [0, 0.05) is 18.6 Å². The maximum atomic E-state index is 13.0. The van der Waals surface area contributed by atoms with Gasteiger partial charge in [-0.2, -0.15) is 13.2 Å². The fraction of sp³-hybridized carbons (Fsp3) is 0.150. The average Bonchev–Trinajstić information content (AvgIpc) is 3.52. The number of halogens is 5. The minimum atomic E-state index is -4.71. The third-order valence-corrected chi connectivity index (χ3v) is 6.43. The number of aromatic amines is 1. The van der Waals surface area contributed by atoms with Gasteiger partial charge in [0.1, 0.15) is 32.7 Å². The van der Waals surface area contributed by atoms with Crippen LogP contribution in [-0.4, -0.2) is 41.7 Å². The normalized spacial score (nSPS) is 12.3. The van der Waals surface area contributed by atoms with Crippen molar-refractivity contribution < 1.29 is 22.8 Å². The lowest BCUT2D eigenvalue weighted by Gasteiger charge is -2.12. The van der Waals surface area contributed by atoms with Crippen molar-refractivity contribution in [1.29, 1.82) is 0 Å². The van der Waals surface area contributed by atoms with E-state index in [1.807, 2.05) is 0 Å². The Hall–Kier alpha value is -3.62. The zero-order valence-corrected chi connectivity index (χ0v) is 20.2. The molecular weight excluding hydrogens is 544 g/mol. The Bertz CT molecular complexity index is 1430. The van der Waals surface area contributed by atoms with Crippen LogP contribution >= 0.6 is 34.5 Å². The van der Waals surface area contributed by atoms with E-state index < -0.39 is 34.6 Å². The highest BCUT2D eigenvalue weighted by Gasteiger charge is 2.34. The first-order chi connectivity index (χ1) is 17.0. The van der Waals surface area contributed by atoms with Crippen LogP contribution in [0, 0.1) is 0 Å². The predicted octanol–water partition coefficient (Wildman–Crippen LogP) is 4.79. The molecule has 0 bridgehead atoms. The number of H-pyrrole nitrogens is 1. The molecule has 2 amide bonds. The molecule has 1 atom stereocenters. The minimum Gasteiger partial charge on any atom is -0.343 e. The number of rotatable bonds is 6. The summed E-state index contributed by atoms with van der Waals surface area (Å²) in [4.78, 5) is 48.0. The van der Waals surface area contributed by atoms with Crippen LogP contribution in [0.15, 0.2) is 37.2 Å². The molecule has 3 N–H and O–H groups in total. The van der Waals surface area contributed by atoms with Gasteiger partial charge in [0.2, 0.25) is 0 Å². The maximum Gasteiger partial charge on any atom is 0.418 e. The summed E-state index contributed by atoms with van der Waals surface area (Å²) in [7, 11) is 0. The molecule has 36 heavy (non-hydrogen) atoms. The third kappa shape index (κ3) is 5.45. The number of thiazole rings is 1. The lowest BCUT2D eigenvalue weighted by atomic mass is 10.2. The highest BCUT2D eigenvalue weighted by atomic mass is 35.5. The summed E-state index contributed by atoms with van der Waals surface area (Å²) < 4.78 is 39.1. The molecule has 0 aromatic carbocycles. The van der Waals surface area contributed by atoms with Gasteiger partial charge in [-0.1, -0.05) is 23.2 Å². The van der Waals surface area contributed by atoms with Gasteiger partial charge in [0.25, 0.3) is 11.8 Å². The van der Waals surface area contributed by atoms with Crippen molar-refractivity contribution in [2.75, 3.05) is 5.32 Å². The third-order valence-electron chi connectivity index (χ3n) is 4.59. The lowest BCUT2D eigenvalue weighted by molar-refractivity contribution is -0.137. The number of alkyl halides is 3. The van der Waals surface area contributed by atoms with Gasteiger partial charge in [-0.3, -0.25) is 9.59 Å². The number of imidazole rings is 1. The van der Waals surface area contributed by atoms with Crippen LogP contribution < -0.4 is 10.6 Å². The fourth-order valence-corrected chi connectivity index (χ4v) is 4.21. The molecule has 0 fully saturated rings. The van der Waals surface area contributed by atoms with Gasteiger partial charge < -0.3 is 15.6 Å². The molecule has 0 aliphatic carbocycles. The topological polar surface area (TPSA) is 138 Å². The lowest BCUT2D eigenvalue weighted by Crippen LogP contribution is -2.28. The van der Waals surface area contributed by atoms with Gasteiger partial charge in [-0.15, -0.1) is 11.3 Å². The second kappa shape index (κ2) is 10.2. The summed E-state index contributed by atoms with van der Waals surface area (Å²) in [6.45, 7) is 1.62. The van der Waals surface area contributed by atoms with Crippen LogP contribution in [0.3, 0.4) is 0 Å². The Morgan fingerprint density at radius 1 is 1.08 bits per heavy atom. The summed E-state index contributed by atoms with van der Waals surface area (Å²) in [6.07, 6.45) is 1.56. The van der Waals surface area contributed by atoms with Crippen LogP contribution in [0.4, 0.5) is 19.0 Å². The molecule has 10 nitrogen and oxygen atoms in total. The van der Waals surface area contributed by atoms with Crippen LogP contribution in [0.5, 0.6) is 0 Å². The molecule has 4 aromatic heterocycles. The van der Waals surface area contributed by atoms with Gasteiger partial charge in [0.15, 0.2) is 11.5 Å². The minimum absolute atomic E-state index is 0.00922. The molecule has 4 aromatic rings. The fourth-order valence-electron chi connectivity index (χ4n) is 2.91. The van der Waals surface area contributed by atoms with Gasteiger partial charge >= 0.3 is 6.18 Å². The molecule has 186 valence electrons. The number of pyridine rings is 1. The van der Waals surface area contributed by atoms with Crippen molar-refractivity contribution in [1.82, 2.24) is 35.2 Å². The monoisotopic (exact) mass is 556 g/mol. The molecule has 0 unspecified atom stereocenters. The van der Waals surface area contributed by atoms with Crippen LogP contribution in [-0.2, 0) is 6.18 Å². The largest absolute Gasteiger partial charge is 0.418 e. The summed E-state index contributed by atoms with van der Waals surface area (Å²) in [6, 6.07) is -0.0272. The first-order valence-electron chi connectivity index (χ1n) is 9.85. The molecule has 4 rings (SSSR count). The zero-order valence-electron chi connectivity index (χ0n) is 17.9. The first kappa shape index (κ1) is 25.5. The van der Waals surface area contributed by atoms with E-state index in [4.69, 9.17) is 23.2 Å². The molecule has 0 saturated carbocycles. The molecule has 0 radical (unpaired) electrons. The van der Waals surface area contributed by atoms with Crippen molar-refractivity contribution in [2.24, 2.45) is 0 Å². The van der Waals surface area contributed by atoms with Crippen molar-refractivity contribution in [2.45, 2.75) is 19.1 Å². The van der Waals surface area contributed by atoms with Crippen molar-refractivity contribution in [3.05, 3.63) is 68.4 Å². The van der Waals surface area contributed by atoms with Crippen molar-refractivity contribution >= 4 is 52.2 Å². The van der Waals surface area contributed by atoms with E-state index in [9.17, 15) is 22.8 Å². The molecule has 0 saturated heterocycles. The van der Waals surface area contributed by atoms with E-state index in [1.54, 1.807) is 13.1 Å². The first-order valence-corrected chi connectivity index (χ1v) is 11.4. The number of hydrogen-bond donors (Lipinski definition) is 3. The Labute approximate surface area is 214 Å². The van der Waals surface area contributed by atoms with Crippen LogP contribution in [0.1, 0.15) is 43.7 Å². The number of anilines is 1. The number of carbonyl (C=O) groups is 2. The van der Waals surface area contributed by atoms with E-state index in [2.05, 4.69) is 40.5 Å². The van der Waals surface area contributed by atoms with E-state index in [-0.39, 0.29) is 27.1 Å². The summed E-state index contributed by atoms with van der Waals surface area (Å²) in [5, 5.41) is 4.70. The quantitative estimate of drug-likeness (QED) is 0.310. The smallest absolute Gasteiger partial charge is 0.343 e. The number of aromatic nitrogens is 6. The number of nitrogens with zero attached hydrogens (tertiary/aromatic N) is 5. The van der Waals surface area contributed by atoms with Crippen LogP contribution in [0.25, 0.3) is 11.5 Å². The number of nitrogens with one attached hydrogen (secondary N) is 3. The highest BCUT2D eigenvalue weighted by molar-refractivity contribution is 7.13. The number of hydrogen-bond acceptors (Lipinski definition) is 8. The Morgan fingerprint density at radius 3 is 2.56 bits per heavy atom. The van der Waals surface area contributed by atoms with E-state index >= 15 is 0 Å². The Morgan fingerprint density at radius 2 is 1.86 bits per heavy atom. The number of carbonyl (C=O) groups excluding carboxylic acids is 2. The van der Waals surface area contributed by atoms with Gasteiger partial charge in [-0.05, 0) is 13.0 Å². The average molecular weight is 557 g/mol. The summed E-state index contributed by atoms with van der Waals surface area (Å²) >= 11 is 12.8. The molecular formula is C20H13Cl2F3N8O2S. The van der Waals surface area contributed by atoms with E-state index in [0.29, 0.717) is 16.9 Å². The van der Waals surface area contributed by atoms with E-state index in [1.165, 1.54) is 18.7 Å². The summed E-state index contributed by atoms with van der Waals surface area (Å²) in [5.41, 5.74) is -0.977. The van der Waals surface area contributed by atoms with Crippen LogP contribution in [0.2, 0.25) is 10.0 Å². The summed E-state index contributed by atoms with van der Waals surface area (Å²) in [5.74, 6) is -1.33. The SMILES string of the molecule is C[C@@H](NC(=O)c1ncnc(-c2ncc[nH]2)c1Cl)c1ncc(C(=O)Nc2cc(C(F)(F)F)c(Cl)cn2)s1. The van der Waals surface area contributed by atoms with Crippen molar-refractivity contribution in [3.8, 4) is 11.5 Å². The predicted molar refractivity (Wildman–Crippen MR) is 125 cm³/mol. The second-order valence-corrected chi connectivity index (χ2v) is 8.93. The Kier molecular flexibility index (Phi) is 7.19. The highest BCUT2D eigenvalue weighted by Crippen LogP contribution is 2.35. The van der Waals surface area contributed by atoms with Crippen molar-refractivity contribution in [3.63, 3.8) is 0 Å². The van der Waals surface area contributed by atoms with E-state index in [0.717, 1.165) is 17.5 Å². The Balaban J connectivity index is 1.45. The van der Waals surface area contributed by atoms with Gasteiger partial charge in [-0.25, -0.2) is 24.9 Å². The standard InChI is InChI=1S/C20H13Cl2F3N8O2S/c1-8(32-18(35)15-13(22)14(30-7-31-15)16-26-2-3-27-16)19-29-6-11(36-19)17(34)33-12-4-9(20(23,24)25)10(21)5-28-12/h2-8H,1H3,(H,26,27)(H,32,35)(H,28,33,34)/t8-/m1/s1. The molecule has 0 aliphatic heterocycles. The molecule has 0 spiro atoms. The molecule has 16 heteroatoms. The molecule has 0 aliphatic rings. The van der Waals surface area contributed by atoms with Gasteiger partial charge in [0.05, 0.1) is 22.8 Å².